The van der Waals surface area contributed by atoms with Gasteiger partial charge in [-0.1, -0.05) is 44.5 Å². The van der Waals surface area contributed by atoms with Crippen LogP contribution >= 0.6 is 0 Å². The molecular formula is C16H23N. The molecule has 1 fully saturated rings. The molecule has 4 atom stereocenters. The molecule has 0 radical (unpaired) electrons. The minimum Gasteiger partial charge on any atom is -0.306 e. The highest BCUT2D eigenvalue weighted by atomic mass is 14.9. The van der Waals surface area contributed by atoms with Crippen molar-refractivity contribution in [2.24, 2.45) is 17.8 Å². The molecule has 1 aromatic carbocycles. The quantitative estimate of drug-likeness (QED) is 0.770. The van der Waals surface area contributed by atoms with Crippen LogP contribution in [-0.2, 0) is 6.54 Å². The van der Waals surface area contributed by atoms with Crippen molar-refractivity contribution in [1.82, 2.24) is 5.32 Å². The maximum absolute atomic E-state index is 3.73. The average molecular weight is 229 g/mol. The van der Waals surface area contributed by atoms with Crippen LogP contribution in [-0.4, -0.2) is 0 Å². The molecule has 3 rings (SSSR count). The molecule has 17 heavy (non-hydrogen) atoms. The molecule has 4 unspecified atom stereocenters. The number of rotatable bonds is 1. The van der Waals surface area contributed by atoms with E-state index in [0.717, 1.165) is 24.3 Å². The van der Waals surface area contributed by atoms with Gasteiger partial charge in [0.2, 0.25) is 0 Å². The molecule has 0 aromatic heterocycles. The highest BCUT2D eigenvalue weighted by Crippen LogP contribution is 2.42. The van der Waals surface area contributed by atoms with Crippen LogP contribution in [0, 0.1) is 17.8 Å². The van der Waals surface area contributed by atoms with Crippen molar-refractivity contribution in [2.75, 3.05) is 0 Å². The molecule has 1 heterocycles. The normalized spacial score (nSPS) is 36.8. The molecule has 1 aliphatic heterocycles. The predicted molar refractivity (Wildman–Crippen MR) is 71.7 cm³/mol. The van der Waals surface area contributed by atoms with Gasteiger partial charge >= 0.3 is 0 Å². The highest BCUT2D eigenvalue weighted by molar-refractivity contribution is 5.34. The topological polar surface area (TPSA) is 12.0 Å². The van der Waals surface area contributed by atoms with Crippen LogP contribution in [0.15, 0.2) is 24.3 Å². The Balaban J connectivity index is 1.78. The lowest BCUT2D eigenvalue weighted by molar-refractivity contribution is 0.175. The van der Waals surface area contributed by atoms with Gasteiger partial charge in [0, 0.05) is 12.6 Å². The van der Waals surface area contributed by atoms with Crippen LogP contribution in [0.5, 0.6) is 0 Å². The zero-order valence-electron chi connectivity index (χ0n) is 10.9. The Hall–Kier alpha value is -0.820. The van der Waals surface area contributed by atoms with E-state index in [2.05, 4.69) is 43.4 Å². The van der Waals surface area contributed by atoms with Gasteiger partial charge in [-0.05, 0) is 41.7 Å². The first-order valence-corrected chi connectivity index (χ1v) is 7.07. The second-order valence-electron chi connectivity index (χ2n) is 6.09. The van der Waals surface area contributed by atoms with E-state index in [9.17, 15) is 0 Å². The van der Waals surface area contributed by atoms with Crippen molar-refractivity contribution in [3.63, 3.8) is 0 Å². The molecule has 0 bridgehead atoms. The Morgan fingerprint density at radius 1 is 1.06 bits per heavy atom. The third-order valence-corrected chi connectivity index (χ3v) is 5.01. The molecule has 0 spiro atoms. The second kappa shape index (κ2) is 4.45. The van der Waals surface area contributed by atoms with Crippen molar-refractivity contribution in [2.45, 2.75) is 45.7 Å². The van der Waals surface area contributed by atoms with E-state index in [0.29, 0.717) is 6.04 Å². The monoisotopic (exact) mass is 229 g/mol. The second-order valence-corrected chi connectivity index (χ2v) is 6.09. The van der Waals surface area contributed by atoms with Crippen LogP contribution in [0.2, 0.25) is 0 Å². The molecule has 1 N–H and O–H groups in total. The Morgan fingerprint density at radius 3 is 2.71 bits per heavy atom. The summed E-state index contributed by atoms with van der Waals surface area (Å²) in [6.07, 6.45) is 4.21. The molecular weight excluding hydrogens is 206 g/mol. The lowest BCUT2D eigenvalue weighted by Crippen LogP contribution is -2.29. The standard InChI is InChI=1S/C16H23N/c1-11-7-8-13(9-12(11)2)16-15-6-4-3-5-14(15)10-17-16/h3-6,11-13,16-17H,7-10H2,1-2H3. The van der Waals surface area contributed by atoms with Gasteiger partial charge < -0.3 is 5.32 Å². The summed E-state index contributed by atoms with van der Waals surface area (Å²) in [6.45, 7) is 5.91. The number of fused-ring (bicyclic) bond motifs is 1. The van der Waals surface area contributed by atoms with Crippen molar-refractivity contribution >= 4 is 0 Å². The SMILES string of the molecule is CC1CCC(C2NCc3ccccc32)CC1C. The molecule has 0 saturated heterocycles. The van der Waals surface area contributed by atoms with Crippen molar-refractivity contribution in [3.8, 4) is 0 Å². The summed E-state index contributed by atoms with van der Waals surface area (Å²) in [7, 11) is 0. The lowest BCUT2D eigenvalue weighted by atomic mass is 9.72. The number of benzene rings is 1. The first-order chi connectivity index (χ1) is 8.25. The molecule has 1 nitrogen and oxygen atoms in total. The first-order valence-electron chi connectivity index (χ1n) is 7.07. The maximum atomic E-state index is 3.73. The molecule has 1 saturated carbocycles. The number of hydrogen-bond donors (Lipinski definition) is 1. The molecule has 1 aliphatic carbocycles. The molecule has 1 heteroatoms. The van der Waals surface area contributed by atoms with Gasteiger partial charge in [-0.3, -0.25) is 0 Å². The first kappa shape index (κ1) is 11.3. The van der Waals surface area contributed by atoms with Gasteiger partial charge in [0.1, 0.15) is 0 Å². The van der Waals surface area contributed by atoms with E-state index in [1.165, 1.54) is 24.8 Å². The zero-order valence-corrected chi connectivity index (χ0v) is 10.9. The number of hydrogen-bond acceptors (Lipinski definition) is 1. The third-order valence-electron chi connectivity index (χ3n) is 5.01. The molecule has 1 aromatic rings. The van der Waals surface area contributed by atoms with Crippen molar-refractivity contribution < 1.29 is 0 Å². The third kappa shape index (κ3) is 2.01. The Kier molecular flexibility index (Phi) is 2.96. The van der Waals surface area contributed by atoms with Gasteiger partial charge in [0.05, 0.1) is 0 Å². The fourth-order valence-corrected chi connectivity index (χ4v) is 3.64. The molecule has 0 amide bonds. The summed E-state index contributed by atoms with van der Waals surface area (Å²) >= 11 is 0. The van der Waals surface area contributed by atoms with E-state index in [1.54, 1.807) is 5.56 Å². The Morgan fingerprint density at radius 2 is 1.88 bits per heavy atom. The van der Waals surface area contributed by atoms with E-state index in [4.69, 9.17) is 0 Å². The maximum Gasteiger partial charge on any atom is 0.0354 e. The lowest BCUT2D eigenvalue weighted by Gasteiger charge is -2.35. The molecule has 2 aliphatic rings. The summed E-state index contributed by atoms with van der Waals surface area (Å²) in [4.78, 5) is 0. The van der Waals surface area contributed by atoms with E-state index in [1.807, 2.05) is 0 Å². The van der Waals surface area contributed by atoms with Gasteiger partial charge in [-0.2, -0.15) is 0 Å². The summed E-state index contributed by atoms with van der Waals surface area (Å²) in [5, 5.41) is 3.73. The number of nitrogens with one attached hydrogen (secondary N) is 1. The van der Waals surface area contributed by atoms with Crippen LogP contribution in [0.25, 0.3) is 0 Å². The Labute approximate surface area is 105 Å². The fourth-order valence-electron chi connectivity index (χ4n) is 3.64. The molecule has 92 valence electrons. The van der Waals surface area contributed by atoms with Crippen LogP contribution < -0.4 is 5.32 Å². The fraction of sp³-hybridized carbons (Fsp3) is 0.625. The minimum absolute atomic E-state index is 0.626. The van der Waals surface area contributed by atoms with E-state index in [-0.39, 0.29) is 0 Å². The zero-order chi connectivity index (χ0) is 11.8. The van der Waals surface area contributed by atoms with Crippen LogP contribution in [0.1, 0.15) is 50.3 Å². The van der Waals surface area contributed by atoms with Crippen LogP contribution in [0.4, 0.5) is 0 Å². The van der Waals surface area contributed by atoms with Crippen molar-refractivity contribution in [1.29, 1.82) is 0 Å². The van der Waals surface area contributed by atoms with Gasteiger partial charge in [0.25, 0.3) is 0 Å². The van der Waals surface area contributed by atoms with E-state index < -0.39 is 0 Å². The summed E-state index contributed by atoms with van der Waals surface area (Å²) in [5.41, 5.74) is 3.09. The van der Waals surface area contributed by atoms with E-state index >= 15 is 0 Å². The van der Waals surface area contributed by atoms with Crippen LogP contribution in [0.3, 0.4) is 0 Å². The van der Waals surface area contributed by atoms with Gasteiger partial charge in [0.15, 0.2) is 0 Å². The average Bonchev–Trinajstić information content (AvgIpc) is 2.76. The van der Waals surface area contributed by atoms with Gasteiger partial charge in [-0.25, -0.2) is 0 Å². The summed E-state index contributed by atoms with van der Waals surface area (Å²) in [5.74, 6) is 2.66. The summed E-state index contributed by atoms with van der Waals surface area (Å²) in [6, 6.07) is 9.57. The summed E-state index contributed by atoms with van der Waals surface area (Å²) < 4.78 is 0. The largest absolute Gasteiger partial charge is 0.306 e. The minimum atomic E-state index is 0.626. The Bertz CT molecular complexity index is 398. The highest BCUT2D eigenvalue weighted by Gasteiger charge is 2.33. The predicted octanol–water partition coefficient (Wildman–Crippen LogP) is 3.90. The van der Waals surface area contributed by atoms with Crippen molar-refractivity contribution in [3.05, 3.63) is 35.4 Å². The van der Waals surface area contributed by atoms with Gasteiger partial charge in [-0.15, -0.1) is 0 Å². The smallest absolute Gasteiger partial charge is 0.0354 e.